The van der Waals surface area contributed by atoms with Crippen LogP contribution in [0.1, 0.15) is 19.3 Å². The normalized spacial score (nSPS) is 21.4. The highest BCUT2D eigenvalue weighted by molar-refractivity contribution is 5.79. The van der Waals surface area contributed by atoms with Gasteiger partial charge in [0.2, 0.25) is 0 Å². The largest absolute Gasteiger partial charge is 0.409 e. The van der Waals surface area contributed by atoms with Gasteiger partial charge in [-0.05, 0) is 31.8 Å². The summed E-state index contributed by atoms with van der Waals surface area (Å²) in [4.78, 5) is 2.28. The van der Waals surface area contributed by atoms with Crippen molar-refractivity contribution in [3.63, 3.8) is 0 Å². The van der Waals surface area contributed by atoms with Crippen molar-refractivity contribution in [1.29, 1.82) is 0 Å². The van der Waals surface area contributed by atoms with Gasteiger partial charge in [0, 0.05) is 19.6 Å². The average Bonchev–Trinajstić information content (AvgIpc) is 2.26. The molecule has 1 heterocycles. The molecule has 0 aliphatic carbocycles. The Morgan fingerprint density at radius 3 is 2.57 bits per heavy atom. The molecule has 0 radical (unpaired) electrons. The van der Waals surface area contributed by atoms with E-state index in [0.29, 0.717) is 18.9 Å². The number of oxime groups is 1. The lowest BCUT2D eigenvalue weighted by Crippen LogP contribution is -2.36. The number of nitrogens with zero attached hydrogens (tertiary/aromatic N) is 2. The van der Waals surface area contributed by atoms with Crippen molar-refractivity contribution in [1.82, 2.24) is 4.90 Å². The molecule has 82 valence electrons. The summed E-state index contributed by atoms with van der Waals surface area (Å²) in [5.74, 6) is 0.754. The van der Waals surface area contributed by atoms with E-state index in [1.807, 2.05) is 0 Å². The molecule has 0 aromatic carbocycles. The van der Waals surface area contributed by atoms with Crippen molar-refractivity contribution in [3.05, 3.63) is 0 Å². The van der Waals surface area contributed by atoms with E-state index in [4.69, 9.17) is 16.0 Å². The van der Waals surface area contributed by atoms with Crippen LogP contribution in [0.5, 0.6) is 0 Å². The molecule has 0 unspecified atom stereocenters. The van der Waals surface area contributed by atoms with Gasteiger partial charge in [0.1, 0.15) is 5.84 Å². The highest BCUT2D eigenvalue weighted by atomic mass is 16.4. The van der Waals surface area contributed by atoms with E-state index < -0.39 is 0 Å². The van der Waals surface area contributed by atoms with Crippen molar-refractivity contribution < 1.29 is 10.3 Å². The number of piperidine rings is 1. The highest BCUT2D eigenvalue weighted by Gasteiger charge is 2.17. The van der Waals surface area contributed by atoms with Gasteiger partial charge in [0.05, 0.1) is 0 Å². The molecular weight excluding hydrogens is 182 g/mol. The summed E-state index contributed by atoms with van der Waals surface area (Å²) in [6.45, 7) is 3.15. The fraction of sp³-hybridized carbons (Fsp3) is 0.889. The van der Waals surface area contributed by atoms with Gasteiger partial charge in [-0.3, -0.25) is 0 Å². The maximum Gasteiger partial charge on any atom is 0.140 e. The number of hydrogen-bond donors (Lipinski definition) is 3. The average molecular weight is 201 g/mol. The number of nitrogens with two attached hydrogens (primary N) is 1. The molecule has 5 heteroatoms. The minimum Gasteiger partial charge on any atom is -0.409 e. The van der Waals surface area contributed by atoms with Gasteiger partial charge < -0.3 is 20.9 Å². The lowest BCUT2D eigenvalue weighted by Gasteiger charge is -2.30. The highest BCUT2D eigenvalue weighted by Crippen LogP contribution is 2.16. The summed E-state index contributed by atoms with van der Waals surface area (Å²) < 4.78 is 0. The fourth-order valence-electron chi connectivity index (χ4n) is 1.72. The van der Waals surface area contributed by atoms with Gasteiger partial charge in [-0.1, -0.05) is 5.16 Å². The van der Waals surface area contributed by atoms with E-state index in [1.165, 1.54) is 0 Å². The van der Waals surface area contributed by atoms with E-state index in [9.17, 15) is 0 Å². The Morgan fingerprint density at radius 2 is 2.07 bits per heavy atom. The molecule has 1 aliphatic rings. The predicted molar refractivity (Wildman–Crippen MR) is 54.3 cm³/mol. The van der Waals surface area contributed by atoms with Gasteiger partial charge in [-0.15, -0.1) is 0 Å². The summed E-state index contributed by atoms with van der Waals surface area (Å²) in [5, 5.41) is 20.2. The van der Waals surface area contributed by atoms with Gasteiger partial charge in [-0.2, -0.15) is 0 Å². The van der Waals surface area contributed by atoms with Crippen LogP contribution in [-0.2, 0) is 0 Å². The van der Waals surface area contributed by atoms with Crippen LogP contribution in [0.4, 0.5) is 0 Å². The zero-order chi connectivity index (χ0) is 10.4. The third kappa shape index (κ3) is 3.51. The zero-order valence-electron chi connectivity index (χ0n) is 8.39. The Morgan fingerprint density at radius 1 is 1.43 bits per heavy atom. The van der Waals surface area contributed by atoms with E-state index in [1.54, 1.807) is 0 Å². The molecule has 0 spiro atoms. The van der Waals surface area contributed by atoms with Crippen LogP contribution in [0.25, 0.3) is 0 Å². The van der Waals surface area contributed by atoms with Crippen molar-refractivity contribution in [2.24, 2.45) is 16.8 Å². The van der Waals surface area contributed by atoms with Gasteiger partial charge in [-0.25, -0.2) is 0 Å². The summed E-state index contributed by atoms with van der Waals surface area (Å²) >= 11 is 0. The Bertz CT molecular complexity index is 188. The van der Waals surface area contributed by atoms with E-state index in [2.05, 4.69) is 10.1 Å². The monoisotopic (exact) mass is 201 g/mol. The first kappa shape index (κ1) is 11.3. The summed E-state index contributed by atoms with van der Waals surface area (Å²) in [7, 11) is 0. The number of rotatable bonds is 4. The van der Waals surface area contributed by atoms with E-state index in [0.717, 1.165) is 32.5 Å². The molecule has 5 nitrogen and oxygen atoms in total. The van der Waals surface area contributed by atoms with E-state index in [-0.39, 0.29) is 5.84 Å². The third-order valence-electron chi connectivity index (χ3n) is 2.78. The molecule has 0 atom stereocenters. The Labute approximate surface area is 84.2 Å². The first-order chi connectivity index (χ1) is 6.76. The second-order valence-electron chi connectivity index (χ2n) is 3.81. The SMILES string of the molecule is N/C(CCN1CCC(CO)CC1)=N\O. The Balaban J connectivity index is 2.16. The first-order valence-corrected chi connectivity index (χ1v) is 5.06. The summed E-state index contributed by atoms with van der Waals surface area (Å²) in [5.41, 5.74) is 5.38. The molecule has 0 aromatic heterocycles. The summed E-state index contributed by atoms with van der Waals surface area (Å²) in [6, 6.07) is 0. The van der Waals surface area contributed by atoms with Crippen molar-refractivity contribution in [2.45, 2.75) is 19.3 Å². The fourth-order valence-corrected chi connectivity index (χ4v) is 1.72. The molecule has 1 saturated heterocycles. The van der Waals surface area contributed by atoms with Crippen molar-refractivity contribution >= 4 is 5.84 Å². The molecule has 1 rings (SSSR count). The minimum absolute atomic E-state index is 0.286. The third-order valence-corrected chi connectivity index (χ3v) is 2.78. The molecule has 0 amide bonds. The van der Waals surface area contributed by atoms with Gasteiger partial charge in [0.25, 0.3) is 0 Å². The lowest BCUT2D eigenvalue weighted by molar-refractivity contribution is 0.133. The number of hydrogen-bond acceptors (Lipinski definition) is 4. The number of aliphatic hydroxyl groups is 1. The predicted octanol–water partition coefficient (Wildman–Crippen LogP) is -0.173. The Kier molecular flexibility index (Phi) is 4.69. The lowest BCUT2D eigenvalue weighted by atomic mass is 9.98. The number of amidine groups is 1. The van der Waals surface area contributed by atoms with Crippen molar-refractivity contribution in [2.75, 3.05) is 26.2 Å². The minimum atomic E-state index is 0.286. The van der Waals surface area contributed by atoms with Crippen LogP contribution in [0.15, 0.2) is 5.16 Å². The zero-order valence-corrected chi connectivity index (χ0v) is 8.39. The smallest absolute Gasteiger partial charge is 0.140 e. The maximum absolute atomic E-state index is 8.94. The van der Waals surface area contributed by atoms with Gasteiger partial charge >= 0.3 is 0 Å². The molecule has 14 heavy (non-hydrogen) atoms. The molecule has 4 N–H and O–H groups in total. The topological polar surface area (TPSA) is 82.1 Å². The standard InChI is InChI=1S/C9H19N3O2/c10-9(11-14)3-6-12-4-1-8(7-13)2-5-12/h8,13-14H,1-7H2,(H2,10,11). The molecule has 0 saturated carbocycles. The number of aliphatic hydroxyl groups excluding tert-OH is 1. The van der Waals surface area contributed by atoms with Crippen LogP contribution >= 0.6 is 0 Å². The van der Waals surface area contributed by atoms with Gasteiger partial charge in [0.15, 0.2) is 0 Å². The Hall–Kier alpha value is -0.810. The molecule has 0 bridgehead atoms. The molecular formula is C9H19N3O2. The van der Waals surface area contributed by atoms with Crippen molar-refractivity contribution in [3.8, 4) is 0 Å². The quantitative estimate of drug-likeness (QED) is 0.255. The molecule has 1 fully saturated rings. The second-order valence-corrected chi connectivity index (χ2v) is 3.81. The maximum atomic E-state index is 8.94. The molecule has 1 aliphatic heterocycles. The summed E-state index contributed by atoms with van der Waals surface area (Å²) in [6.07, 6.45) is 2.71. The first-order valence-electron chi connectivity index (χ1n) is 5.06. The second kappa shape index (κ2) is 5.82. The van der Waals surface area contributed by atoms with Crippen LogP contribution in [-0.4, -0.2) is 47.3 Å². The van der Waals surface area contributed by atoms with Crippen LogP contribution in [0, 0.1) is 5.92 Å². The van der Waals surface area contributed by atoms with Crippen LogP contribution in [0.2, 0.25) is 0 Å². The van der Waals surface area contributed by atoms with Crippen LogP contribution < -0.4 is 5.73 Å². The van der Waals surface area contributed by atoms with Crippen LogP contribution in [0.3, 0.4) is 0 Å². The van der Waals surface area contributed by atoms with E-state index >= 15 is 0 Å². The molecule has 0 aromatic rings. The number of likely N-dealkylation sites (tertiary alicyclic amines) is 1.